The van der Waals surface area contributed by atoms with E-state index in [1.54, 1.807) is 6.92 Å². The van der Waals surface area contributed by atoms with Crippen LogP contribution < -0.4 is 10.1 Å². The van der Waals surface area contributed by atoms with Gasteiger partial charge in [0.25, 0.3) is 0 Å². The van der Waals surface area contributed by atoms with Crippen molar-refractivity contribution in [2.24, 2.45) is 0 Å². The van der Waals surface area contributed by atoms with E-state index < -0.39 is 5.97 Å². The molecule has 0 fully saturated rings. The maximum absolute atomic E-state index is 12.7. The second-order valence-corrected chi connectivity index (χ2v) is 9.87. The van der Waals surface area contributed by atoms with Crippen LogP contribution in [0.5, 0.6) is 5.75 Å². The molecule has 0 aliphatic carbocycles. The topological polar surface area (TPSA) is 95.3 Å². The molecule has 10 heteroatoms. The van der Waals surface area contributed by atoms with Gasteiger partial charge in [-0.05, 0) is 59.2 Å². The van der Waals surface area contributed by atoms with Crippen LogP contribution in [0, 0.1) is 20.8 Å². The third kappa shape index (κ3) is 5.98. The largest absolute Gasteiger partial charge is 0.483 e. The van der Waals surface area contributed by atoms with Gasteiger partial charge in [-0.15, -0.1) is 21.5 Å². The van der Waals surface area contributed by atoms with Crippen molar-refractivity contribution in [1.29, 1.82) is 0 Å². The van der Waals surface area contributed by atoms with Gasteiger partial charge in [-0.3, -0.25) is 4.79 Å². The van der Waals surface area contributed by atoms with E-state index in [9.17, 15) is 9.59 Å². The third-order valence-corrected chi connectivity index (χ3v) is 7.30. The minimum absolute atomic E-state index is 0.129. The van der Waals surface area contributed by atoms with Gasteiger partial charge in [0.15, 0.2) is 17.1 Å². The maximum atomic E-state index is 12.7. The van der Waals surface area contributed by atoms with Crippen LogP contribution in [0.3, 0.4) is 0 Å². The highest BCUT2D eigenvalue weighted by molar-refractivity contribution is 7.99. The molecule has 34 heavy (non-hydrogen) atoms. The summed E-state index contributed by atoms with van der Waals surface area (Å²) in [6.07, 6.45) is -0.303. The third-order valence-electron chi connectivity index (χ3n) is 5.21. The van der Waals surface area contributed by atoms with E-state index in [2.05, 4.69) is 15.5 Å². The van der Waals surface area contributed by atoms with Crippen LogP contribution >= 0.6 is 23.1 Å². The molecule has 3 rings (SSSR count). The molecule has 2 aromatic heterocycles. The summed E-state index contributed by atoms with van der Waals surface area (Å²) >= 11 is 2.66. The number of anilines is 1. The van der Waals surface area contributed by atoms with Gasteiger partial charge in [-0.25, -0.2) is 4.79 Å². The summed E-state index contributed by atoms with van der Waals surface area (Å²) in [6.45, 7) is 12.4. The molecule has 182 valence electrons. The van der Waals surface area contributed by atoms with Crippen molar-refractivity contribution in [3.63, 3.8) is 0 Å². The number of ether oxygens (including phenoxy) is 2. The standard InChI is InChI=1S/C24H30N4O4S2/c1-7-28-21(16(5)32-18-11-9-14(3)10-12-18)26-27-24(28)33-13-19(29)25-22-20(23(30)31-8-2)15(4)17(6)34-22/h9-12,16H,7-8,13H2,1-6H3,(H,25,29). The highest BCUT2D eigenvalue weighted by Crippen LogP contribution is 2.33. The predicted molar refractivity (Wildman–Crippen MR) is 135 cm³/mol. The first-order valence-electron chi connectivity index (χ1n) is 11.1. The molecule has 1 atom stereocenters. The van der Waals surface area contributed by atoms with Crippen molar-refractivity contribution in [2.45, 2.75) is 59.3 Å². The summed E-state index contributed by atoms with van der Waals surface area (Å²) in [4.78, 5) is 26.0. The van der Waals surface area contributed by atoms with Gasteiger partial charge in [0.1, 0.15) is 10.8 Å². The number of aromatic nitrogens is 3. The van der Waals surface area contributed by atoms with Crippen LogP contribution in [0.2, 0.25) is 0 Å². The number of carbonyl (C=O) groups is 2. The number of rotatable bonds is 10. The first kappa shape index (κ1) is 25.8. The van der Waals surface area contributed by atoms with Gasteiger partial charge in [0, 0.05) is 11.4 Å². The summed E-state index contributed by atoms with van der Waals surface area (Å²) in [5, 5.41) is 12.6. The Labute approximate surface area is 208 Å². The van der Waals surface area contributed by atoms with Crippen LogP contribution in [0.1, 0.15) is 59.1 Å². The minimum Gasteiger partial charge on any atom is -0.483 e. The van der Waals surface area contributed by atoms with Crippen molar-refractivity contribution in [2.75, 3.05) is 17.7 Å². The number of aryl methyl sites for hydroxylation is 2. The normalized spacial score (nSPS) is 11.8. The highest BCUT2D eigenvalue weighted by atomic mass is 32.2. The van der Waals surface area contributed by atoms with Gasteiger partial charge in [-0.2, -0.15) is 0 Å². The van der Waals surface area contributed by atoms with E-state index in [1.165, 1.54) is 23.1 Å². The van der Waals surface area contributed by atoms with Crippen molar-refractivity contribution >= 4 is 40.0 Å². The molecule has 1 N–H and O–H groups in total. The molecule has 0 saturated heterocycles. The van der Waals surface area contributed by atoms with E-state index in [4.69, 9.17) is 9.47 Å². The quantitative estimate of drug-likeness (QED) is 0.296. The fraction of sp³-hybridized carbons (Fsp3) is 0.417. The van der Waals surface area contributed by atoms with Crippen LogP contribution in [-0.4, -0.2) is 39.0 Å². The summed E-state index contributed by atoms with van der Waals surface area (Å²) in [5.41, 5.74) is 2.41. The van der Waals surface area contributed by atoms with E-state index in [0.717, 1.165) is 21.8 Å². The monoisotopic (exact) mass is 502 g/mol. The zero-order valence-corrected chi connectivity index (χ0v) is 21.9. The Morgan fingerprint density at radius 3 is 2.50 bits per heavy atom. The molecule has 3 aromatic rings. The van der Waals surface area contributed by atoms with Gasteiger partial charge in [-0.1, -0.05) is 29.5 Å². The molecular formula is C24H30N4O4S2. The van der Waals surface area contributed by atoms with Gasteiger partial charge in [0.05, 0.1) is 17.9 Å². The molecule has 2 heterocycles. The van der Waals surface area contributed by atoms with Crippen LogP contribution in [0.25, 0.3) is 0 Å². The number of nitrogens with one attached hydrogen (secondary N) is 1. The molecule has 1 unspecified atom stereocenters. The average Bonchev–Trinajstić information content (AvgIpc) is 3.34. The Kier molecular flexibility index (Phi) is 8.73. The Bertz CT molecular complexity index is 1150. The van der Waals surface area contributed by atoms with Crippen LogP contribution in [0.15, 0.2) is 29.4 Å². The lowest BCUT2D eigenvalue weighted by molar-refractivity contribution is -0.113. The van der Waals surface area contributed by atoms with E-state index in [0.29, 0.717) is 28.1 Å². The lowest BCUT2D eigenvalue weighted by atomic mass is 10.1. The predicted octanol–water partition coefficient (Wildman–Crippen LogP) is 5.33. The van der Waals surface area contributed by atoms with Crippen molar-refractivity contribution in [3.05, 3.63) is 51.7 Å². The molecule has 1 aromatic carbocycles. The molecule has 8 nitrogen and oxygen atoms in total. The smallest absolute Gasteiger partial charge is 0.341 e. The molecule has 0 aliphatic heterocycles. The zero-order chi connectivity index (χ0) is 24.8. The Balaban J connectivity index is 1.66. The second-order valence-electron chi connectivity index (χ2n) is 7.70. The molecule has 0 bridgehead atoms. The lowest BCUT2D eigenvalue weighted by Gasteiger charge is -2.15. The average molecular weight is 503 g/mol. The number of amides is 1. The Morgan fingerprint density at radius 1 is 1.15 bits per heavy atom. The minimum atomic E-state index is -0.426. The lowest BCUT2D eigenvalue weighted by Crippen LogP contribution is -2.17. The van der Waals surface area contributed by atoms with Crippen molar-refractivity contribution in [3.8, 4) is 5.75 Å². The summed E-state index contributed by atoms with van der Waals surface area (Å²) in [7, 11) is 0. The summed E-state index contributed by atoms with van der Waals surface area (Å²) in [6, 6.07) is 7.85. The molecule has 1 amide bonds. The number of hydrogen-bond acceptors (Lipinski definition) is 8. The number of thiophene rings is 1. The number of carbonyl (C=O) groups excluding carboxylic acids is 2. The molecule has 0 aliphatic rings. The molecule has 0 spiro atoms. The van der Waals surface area contributed by atoms with Gasteiger partial charge in [0.2, 0.25) is 5.91 Å². The summed E-state index contributed by atoms with van der Waals surface area (Å²) < 4.78 is 13.1. The fourth-order valence-electron chi connectivity index (χ4n) is 3.34. The molecule has 0 saturated carbocycles. The van der Waals surface area contributed by atoms with E-state index in [-0.39, 0.29) is 24.4 Å². The number of nitrogens with zero attached hydrogens (tertiary/aromatic N) is 3. The van der Waals surface area contributed by atoms with Crippen LogP contribution in [0.4, 0.5) is 5.00 Å². The van der Waals surface area contributed by atoms with Crippen molar-refractivity contribution in [1.82, 2.24) is 14.8 Å². The van der Waals surface area contributed by atoms with Crippen molar-refractivity contribution < 1.29 is 19.1 Å². The number of esters is 1. The first-order valence-corrected chi connectivity index (χ1v) is 12.9. The van der Waals surface area contributed by atoms with E-state index in [1.807, 2.05) is 63.5 Å². The number of benzene rings is 1. The number of hydrogen-bond donors (Lipinski definition) is 1. The number of thioether (sulfide) groups is 1. The SMILES string of the molecule is CCOC(=O)c1c(NC(=O)CSc2nnc(C(C)Oc3ccc(C)cc3)n2CC)sc(C)c1C. The van der Waals surface area contributed by atoms with E-state index >= 15 is 0 Å². The zero-order valence-electron chi connectivity index (χ0n) is 20.3. The van der Waals surface area contributed by atoms with Gasteiger partial charge < -0.3 is 19.4 Å². The fourth-order valence-corrected chi connectivity index (χ4v) is 5.21. The molecular weight excluding hydrogens is 472 g/mol. The van der Waals surface area contributed by atoms with Gasteiger partial charge >= 0.3 is 5.97 Å². The Morgan fingerprint density at radius 2 is 1.85 bits per heavy atom. The maximum Gasteiger partial charge on any atom is 0.341 e. The Hall–Kier alpha value is -2.85. The molecule has 0 radical (unpaired) electrons. The summed E-state index contributed by atoms with van der Waals surface area (Å²) in [5.74, 6) is 0.929. The first-order chi connectivity index (χ1) is 16.2. The van der Waals surface area contributed by atoms with Crippen LogP contribution in [-0.2, 0) is 16.1 Å². The highest BCUT2D eigenvalue weighted by Gasteiger charge is 2.23. The second kappa shape index (κ2) is 11.5.